The van der Waals surface area contributed by atoms with Gasteiger partial charge in [-0.15, -0.1) is 0 Å². The Morgan fingerprint density at radius 1 is 1.59 bits per heavy atom. The SMILES string of the molecule is CC(=O)NCCC(O)C(O)c1ncccc1Cl. The van der Waals surface area contributed by atoms with E-state index in [9.17, 15) is 15.0 Å². The molecule has 0 saturated carbocycles. The van der Waals surface area contributed by atoms with Gasteiger partial charge in [0.2, 0.25) is 5.91 Å². The fraction of sp³-hybridized carbons (Fsp3) is 0.455. The minimum Gasteiger partial charge on any atom is -0.390 e. The van der Waals surface area contributed by atoms with Crippen molar-refractivity contribution < 1.29 is 15.0 Å². The van der Waals surface area contributed by atoms with Crippen LogP contribution in [0.2, 0.25) is 5.02 Å². The van der Waals surface area contributed by atoms with Crippen molar-refractivity contribution in [1.82, 2.24) is 10.3 Å². The highest BCUT2D eigenvalue weighted by atomic mass is 35.5. The number of carbonyl (C=O) groups excluding carboxylic acids is 1. The highest BCUT2D eigenvalue weighted by Gasteiger charge is 2.21. The third kappa shape index (κ3) is 4.30. The van der Waals surface area contributed by atoms with Crippen LogP contribution in [0.1, 0.15) is 25.1 Å². The first kappa shape index (κ1) is 13.9. The molecular weight excluding hydrogens is 244 g/mol. The molecule has 0 saturated heterocycles. The van der Waals surface area contributed by atoms with E-state index in [2.05, 4.69) is 10.3 Å². The summed E-state index contributed by atoms with van der Waals surface area (Å²) in [5.74, 6) is -0.178. The first-order valence-electron chi connectivity index (χ1n) is 5.23. The Morgan fingerprint density at radius 3 is 2.88 bits per heavy atom. The van der Waals surface area contributed by atoms with Gasteiger partial charge in [0.25, 0.3) is 0 Å². The van der Waals surface area contributed by atoms with E-state index < -0.39 is 12.2 Å². The number of hydrogen-bond donors (Lipinski definition) is 3. The van der Waals surface area contributed by atoms with Gasteiger partial charge in [-0.3, -0.25) is 9.78 Å². The normalized spacial score (nSPS) is 14.1. The van der Waals surface area contributed by atoms with Crippen LogP contribution in [0.3, 0.4) is 0 Å². The number of aromatic nitrogens is 1. The third-order valence-corrected chi connectivity index (χ3v) is 2.57. The van der Waals surface area contributed by atoms with Gasteiger partial charge in [-0.25, -0.2) is 0 Å². The van der Waals surface area contributed by atoms with Crippen molar-refractivity contribution >= 4 is 17.5 Å². The van der Waals surface area contributed by atoms with Crippen LogP contribution in [0.5, 0.6) is 0 Å². The number of nitrogens with one attached hydrogen (secondary N) is 1. The Labute approximate surface area is 104 Å². The maximum Gasteiger partial charge on any atom is 0.216 e. The van der Waals surface area contributed by atoms with Crippen molar-refractivity contribution in [2.45, 2.75) is 25.6 Å². The van der Waals surface area contributed by atoms with Crippen LogP contribution in [0.15, 0.2) is 18.3 Å². The molecule has 0 fully saturated rings. The van der Waals surface area contributed by atoms with Gasteiger partial charge in [-0.2, -0.15) is 0 Å². The zero-order chi connectivity index (χ0) is 12.8. The lowest BCUT2D eigenvalue weighted by Gasteiger charge is -2.18. The number of carbonyl (C=O) groups is 1. The number of amides is 1. The average molecular weight is 259 g/mol. The monoisotopic (exact) mass is 258 g/mol. The molecule has 0 aliphatic carbocycles. The number of rotatable bonds is 5. The first-order valence-corrected chi connectivity index (χ1v) is 5.61. The van der Waals surface area contributed by atoms with Gasteiger partial charge >= 0.3 is 0 Å². The van der Waals surface area contributed by atoms with Crippen LogP contribution in [0.4, 0.5) is 0 Å². The molecule has 5 nitrogen and oxygen atoms in total. The molecule has 6 heteroatoms. The molecule has 17 heavy (non-hydrogen) atoms. The van der Waals surface area contributed by atoms with Gasteiger partial charge in [-0.05, 0) is 18.6 Å². The quantitative estimate of drug-likeness (QED) is 0.724. The maximum absolute atomic E-state index is 10.6. The van der Waals surface area contributed by atoms with E-state index in [0.717, 1.165) is 0 Å². The standard InChI is InChI=1S/C11H15ClN2O3/c1-7(15)13-6-4-9(16)11(17)10-8(12)3-2-5-14-10/h2-3,5,9,11,16-17H,4,6H2,1H3,(H,13,15). The lowest BCUT2D eigenvalue weighted by Crippen LogP contribution is -2.28. The second kappa shape index (κ2) is 6.54. The maximum atomic E-state index is 10.6. The molecule has 1 amide bonds. The average Bonchev–Trinajstić information content (AvgIpc) is 2.28. The van der Waals surface area contributed by atoms with Crippen LogP contribution in [0.25, 0.3) is 0 Å². The molecule has 0 spiro atoms. The minimum absolute atomic E-state index is 0.178. The summed E-state index contributed by atoms with van der Waals surface area (Å²) in [5, 5.41) is 22.4. The molecule has 1 rings (SSSR count). The smallest absolute Gasteiger partial charge is 0.216 e. The molecule has 0 bridgehead atoms. The van der Waals surface area contributed by atoms with Crippen LogP contribution >= 0.6 is 11.6 Å². The summed E-state index contributed by atoms with van der Waals surface area (Å²) in [6.07, 6.45) is -0.453. The number of aliphatic hydroxyl groups is 2. The zero-order valence-corrected chi connectivity index (χ0v) is 10.2. The lowest BCUT2D eigenvalue weighted by molar-refractivity contribution is -0.119. The summed E-state index contributed by atoms with van der Waals surface area (Å²) in [7, 11) is 0. The van der Waals surface area contributed by atoms with Gasteiger partial charge in [-0.1, -0.05) is 11.6 Å². The number of hydrogen-bond acceptors (Lipinski definition) is 4. The molecule has 2 atom stereocenters. The van der Waals surface area contributed by atoms with E-state index in [0.29, 0.717) is 5.02 Å². The number of nitrogens with zero attached hydrogens (tertiary/aromatic N) is 1. The summed E-state index contributed by atoms with van der Waals surface area (Å²) in [4.78, 5) is 14.5. The van der Waals surface area contributed by atoms with Crippen LogP contribution < -0.4 is 5.32 Å². The largest absolute Gasteiger partial charge is 0.390 e. The number of pyridine rings is 1. The summed E-state index contributed by atoms with van der Waals surface area (Å²) >= 11 is 5.84. The number of aliphatic hydroxyl groups excluding tert-OH is 2. The van der Waals surface area contributed by atoms with E-state index >= 15 is 0 Å². The third-order valence-electron chi connectivity index (χ3n) is 2.25. The predicted octanol–water partition coefficient (Wildman–Crippen LogP) is 0.655. The van der Waals surface area contributed by atoms with E-state index in [1.165, 1.54) is 13.1 Å². The summed E-state index contributed by atoms with van der Waals surface area (Å²) < 4.78 is 0. The molecule has 0 aromatic carbocycles. The van der Waals surface area contributed by atoms with Gasteiger partial charge in [0.15, 0.2) is 0 Å². The predicted molar refractivity (Wildman–Crippen MR) is 63.5 cm³/mol. The van der Waals surface area contributed by atoms with E-state index in [1.807, 2.05) is 0 Å². The van der Waals surface area contributed by atoms with Crippen molar-refractivity contribution in [3.8, 4) is 0 Å². The van der Waals surface area contributed by atoms with Crippen LogP contribution in [0, 0.1) is 0 Å². The Balaban J connectivity index is 2.55. The molecule has 1 aromatic rings. The summed E-state index contributed by atoms with van der Waals surface area (Å²) in [5.41, 5.74) is 0.240. The van der Waals surface area contributed by atoms with Crippen molar-refractivity contribution in [2.75, 3.05) is 6.54 Å². The fourth-order valence-corrected chi connectivity index (χ4v) is 1.59. The number of halogens is 1. The lowest BCUT2D eigenvalue weighted by atomic mass is 10.1. The van der Waals surface area contributed by atoms with Gasteiger partial charge in [0, 0.05) is 19.7 Å². The fourth-order valence-electron chi connectivity index (χ4n) is 1.35. The Bertz CT molecular complexity index is 387. The van der Waals surface area contributed by atoms with Gasteiger partial charge < -0.3 is 15.5 Å². The summed E-state index contributed by atoms with van der Waals surface area (Å²) in [6, 6.07) is 3.23. The van der Waals surface area contributed by atoms with Crippen molar-refractivity contribution in [2.24, 2.45) is 0 Å². The second-order valence-electron chi connectivity index (χ2n) is 3.65. The molecule has 1 heterocycles. The second-order valence-corrected chi connectivity index (χ2v) is 4.06. The van der Waals surface area contributed by atoms with Gasteiger partial charge in [0.05, 0.1) is 16.8 Å². The highest BCUT2D eigenvalue weighted by molar-refractivity contribution is 6.31. The molecule has 94 valence electrons. The first-order chi connectivity index (χ1) is 8.02. The minimum atomic E-state index is -1.16. The van der Waals surface area contributed by atoms with E-state index in [-0.39, 0.29) is 24.6 Å². The van der Waals surface area contributed by atoms with Gasteiger partial charge in [0.1, 0.15) is 6.10 Å². The molecule has 1 aromatic heterocycles. The molecule has 3 N–H and O–H groups in total. The van der Waals surface area contributed by atoms with E-state index in [4.69, 9.17) is 11.6 Å². The molecule has 2 unspecified atom stereocenters. The Morgan fingerprint density at radius 2 is 2.29 bits per heavy atom. The molecule has 0 aliphatic heterocycles. The van der Waals surface area contributed by atoms with Crippen LogP contribution in [-0.2, 0) is 4.79 Å². The highest BCUT2D eigenvalue weighted by Crippen LogP contribution is 2.23. The zero-order valence-electron chi connectivity index (χ0n) is 9.43. The molecule has 0 radical (unpaired) electrons. The Hall–Kier alpha value is -1.17. The topological polar surface area (TPSA) is 82.5 Å². The van der Waals surface area contributed by atoms with Crippen LogP contribution in [-0.4, -0.2) is 33.8 Å². The van der Waals surface area contributed by atoms with Crippen molar-refractivity contribution in [3.63, 3.8) is 0 Å². The molecular formula is C11H15ClN2O3. The van der Waals surface area contributed by atoms with Crippen molar-refractivity contribution in [1.29, 1.82) is 0 Å². The van der Waals surface area contributed by atoms with Crippen molar-refractivity contribution in [3.05, 3.63) is 29.0 Å². The molecule has 0 aliphatic rings. The Kier molecular flexibility index (Phi) is 5.34. The van der Waals surface area contributed by atoms with E-state index in [1.54, 1.807) is 12.1 Å². The summed E-state index contributed by atoms with van der Waals surface area (Å²) in [6.45, 7) is 1.68.